The van der Waals surface area contributed by atoms with Gasteiger partial charge in [-0.15, -0.1) is 0 Å². The van der Waals surface area contributed by atoms with Crippen LogP contribution in [0.25, 0.3) is 0 Å². The van der Waals surface area contributed by atoms with Crippen LogP contribution in [0.3, 0.4) is 0 Å². The summed E-state index contributed by atoms with van der Waals surface area (Å²) in [5, 5.41) is 0. The third kappa shape index (κ3) is 2.47. The van der Waals surface area contributed by atoms with E-state index in [0.29, 0.717) is 0 Å². The molecule has 0 aliphatic heterocycles. The van der Waals surface area contributed by atoms with Gasteiger partial charge < -0.3 is 0 Å². The van der Waals surface area contributed by atoms with E-state index in [0.717, 1.165) is 26.7 Å². The van der Waals surface area contributed by atoms with Gasteiger partial charge in [0.15, 0.2) is 5.78 Å². The van der Waals surface area contributed by atoms with Crippen LogP contribution in [0.15, 0.2) is 46.9 Å². The van der Waals surface area contributed by atoms with E-state index in [2.05, 4.69) is 15.9 Å². The van der Waals surface area contributed by atoms with Crippen molar-refractivity contribution in [3.63, 3.8) is 0 Å². The van der Waals surface area contributed by atoms with Crippen LogP contribution < -0.4 is 0 Å². The molecule has 2 rings (SSSR count). The number of halogens is 1. The Kier molecular flexibility index (Phi) is 3.43. The molecule has 0 fully saturated rings. The maximum absolute atomic E-state index is 12.4. The van der Waals surface area contributed by atoms with Gasteiger partial charge in [-0.3, -0.25) is 4.79 Å². The summed E-state index contributed by atoms with van der Waals surface area (Å²) < 4.78 is 0.931. The Labute approximate surface area is 110 Å². The Bertz CT molecular complexity index is 573. The number of carbonyl (C=O) groups is 1. The molecule has 0 aromatic heterocycles. The summed E-state index contributed by atoms with van der Waals surface area (Å²) in [5.41, 5.74) is 3.54. The van der Waals surface area contributed by atoms with Gasteiger partial charge >= 0.3 is 0 Å². The first kappa shape index (κ1) is 12.1. The van der Waals surface area contributed by atoms with Crippen LogP contribution in [0.5, 0.6) is 0 Å². The van der Waals surface area contributed by atoms with E-state index >= 15 is 0 Å². The Morgan fingerprint density at radius 3 is 2.29 bits per heavy atom. The summed E-state index contributed by atoms with van der Waals surface area (Å²) in [6.07, 6.45) is 0. The summed E-state index contributed by atoms with van der Waals surface area (Å²) in [6, 6.07) is 13.5. The largest absolute Gasteiger partial charge is 0.289 e. The van der Waals surface area contributed by atoms with Crippen LogP contribution in [0.4, 0.5) is 0 Å². The first-order chi connectivity index (χ1) is 8.09. The topological polar surface area (TPSA) is 17.1 Å². The molecule has 0 N–H and O–H groups in total. The molecule has 0 aliphatic rings. The van der Waals surface area contributed by atoms with Gasteiger partial charge in [-0.2, -0.15) is 0 Å². The van der Waals surface area contributed by atoms with E-state index in [-0.39, 0.29) is 5.78 Å². The highest BCUT2D eigenvalue weighted by Crippen LogP contribution is 2.20. The zero-order chi connectivity index (χ0) is 12.4. The van der Waals surface area contributed by atoms with E-state index in [1.165, 1.54) is 0 Å². The fraction of sp³-hybridized carbons (Fsp3) is 0.133. The number of carbonyl (C=O) groups excluding carboxylic acids is 1. The average molecular weight is 289 g/mol. The molecule has 86 valence electrons. The van der Waals surface area contributed by atoms with Crippen molar-refractivity contribution in [1.29, 1.82) is 0 Å². The molecule has 0 spiro atoms. The Hall–Kier alpha value is -1.41. The summed E-state index contributed by atoms with van der Waals surface area (Å²) >= 11 is 3.40. The van der Waals surface area contributed by atoms with Crippen molar-refractivity contribution in [2.75, 3.05) is 0 Å². The lowest BCUT2D eigenvalue weighted by Crippen LogP contribution is -2.05. The first-order valence-electron chi connectivity index (χ1n) is 5.46. The lowest BCUT2D eigenvalue weighted by molar-refractivity contribution is 0.103. The van der Waals surface area contributed by atoms with E-state index < -0.39 is 0 Å². The van der Waals surface area contributed by atoms with Gasteiger partial charge in [-0.05, 0) is 37.1 Å². The second-order valence-corrected chi connectivity index (χ2v) is 5.02. The van der Waals surface area contributed by atoms with Gasteiger partial charge in [-0.25, -0.2) is 0 Å². The maximum Gasteiger partial charge on any atom is 0.193 e. The number of ketones is 1. The molecule has 2 heteroatoms. The number of hydrogen-bond donors (Lipinski definition) is 0. The molecule has 0 atom stereocenters. The molecule has 0 saturated heterocycles. The smallest absolute Gasteiger partial charge is 0.193 e. The van der Waals surface area contributed by atoms with Crippen molar-refractivity contribution in [2.24, 2.45) is 0 Å². The summed E-state index contributed by atoms with van der Waals surface area (Å²) in [6.45, 7) is 3.92. The van der Waals surface area contributed by atoms with E-state index in [4.69, 9.17) is 0 Å². The van der Waals surface area contributed by atoms with Crippen LogP contribution in [0, 0.1) is 13.8 Å². The van der Waals surface area contributed by atoms with Crippen molar-refractivity contribution in [3.05, 3.63) is 69.2 Å². The Balaban J connectivity index is 2.51. The van der Waals surface area contributed by atoms with Gasteiger partial charge in [0.25, 0.3) is 0 Å². The number of benzene rings is 2. The molecule has 17 heavy (non-hydrogen) atoms. The van der Waals surface area contributed by atoms with Gasteiger partial charge in [0, 0.05) is 15.6 Å². The van der Waals surface area contributed by atoms with Crippen LogP contribution in [-0.4, -0.2) is 5.78 Å². The van der Waals surface area contributed by atoms with Crippen molar-refractivity contribution in [1.82, 2.24) is 0 Å². The SMILES string of the molecule is Cc1ccccc1C(=O)c1cc(Br)ccc1C. The van der Waals surface area contributed by atoms with E-state index in [9.17, 15) is 4.79 Å². The standard InChI is InChI=1S/C15H13BrO/c1-10-5-3-4-6-13(10)15(17)14-9-12(16)8-7-11(14)2/h3-9H,1-2H3. The zero-order valence-electron chi connectivity index (χ0n) is 9.83. The molecular weight excluding hydrogens is 276 g/mol. The number of hydrogen-bond acceptors (Lipinski definition) is 1. The molecule has 0 saturated carbocycles. The molecule has 0 heterocycles. The molecular formula is C15H13BrO. The molecule has 2 aromatic rings. The van der Waals surface area contributed by atoms with Gasteiger partial charge in [-0.1, -0.05) is 46.3 Å². The zero-order valence-corrected chi connectivity index (χ0v) is 11.4. The van der Waals surface area contributed by atoms with Crippen LogP contribution in [0.1, 0.15) is 27.0 Å². The van der Waals surface area contributed by atoms with Gasteiger partial charge in [0.1, 0.15) is 0 Å². The fourth-order valence-electron chi connectivity index (χ4n) is 1.81. The normalized spacial score (nSPS) is 10.3. The second-order valence-electron chi connectivity index (χ2n) is 4.10. The maximum atomic E-state index is 12.4. The molecule has 0 aliphatic carbocycles. The Morgan fingerprint density at radius 1 is 0.941 bits per heavy atom. The summed E-state index contributed by atoms with van der Waals surface area (Å²) in [5.74, 6) is 0.0851. The van der Waals surface area contributed by atoms with Crippen LogP contribution in [0.2, 0.25) is 0 Å². The van der Waals surface area contributed by atoms with Crippen molar-refractivity contribution in [3.8, 4) is 0 Å². The lowest BCUT2D eigenvalue weighted by Gasteiger charge is -2.08. The predicted octanol–water partition coefficient (Wildman–Crippen LogP) is 4.30. The van der Waals surface area contributed by atoms with Crippen LogP contribution in [-0.2, 0) is 0 Å². The van der Waals surface area contributed by atoms with Gasteiger partial charge in [0.05, 0.1) is 0 Å². The fourth-order valence-corrected chi connectivity index (χ4v) is 2.17. The minimum Gasteiger partial charge on any atom is -0.289 e. The molecule has 0 unspecified atom stereocenters. The first-order valence-corrected chi connectivity index (χ1v) is 6.25. The molecule has 2 aromatic carbocycles. The highest BCUT2D eigenvalue weighted by molar-refractivity contribution is 9.10. The van der Waals surface area contributed by atoms with E-state index in [1.54, 1.807) is 0 Å². The summed E-state index contributed by atoms with van der Waals surface area (Å²) in [4.78, 5) is 12.4. The monoisotopic (exact) mass is 288 g/mol. The third-order valence-electron chi connectivity index (χ3n) is 2.83. The third-order valence-corrected chi connectivity index (χ3v) is 3.33. The highest BCUT2D eigenvalue weighted by atomic mass is 79.9. The quantitative estimate of drug-likeness (QED) is 0.753. The Morgan fingerprint density at radius 2 is 1.59 bits per heavy atom. The lowest BCUT2D eigenvalue weighted by atomic mass is 9.96. The van der Waals surface area contributed by atoms with Gasteiger partial charge in [0.2, 0.25) is 0 Å². The predicted molar refractivity (Wildman–Crippen MR) is 73.5 cm³/mol. The van der Waals surface area contributed by atoms with E-state index in [1.807, 2.05) is 56.3 Å². The molecule has 1 nitrogen and oxygen atoms in total. The molecule has 0 bridgehead atoms. The van der Waals surface area contributed by atoms with Crippen molar-refractivity contribution >= 4 is 21.7 Å². The minimum absolute atomic E-state index is 0.0851. The van der Waals surface area contributed by atoms with Crippen LogP contribution >= 0.6 is 15.9 Å². The second kappa shape index (κ2) is 4.84. The average Bonchev–Trinajstić information content (AvgIpc) is 2.32. The van der Waals surface area contributed by atoms with Crippen molar-refractivity contribution < 1.29 is 4.79 Å². The highest BCUT2D eigenvalue weighted by Gasteiger charge is 2.13. The molecule has 0 radical (unpaired) electrons. The molecule has 0 amide bonds. The summed E-state index contributed by atoms with van der Waals surface area (Å²) in [7, 11) is 0. The van der Waals surface area contributed by atoms with Crippen molar-refractivity contribution in [2.45, 2.75) is 13.8 Å². The minimum atomic E-state index is 0.0851. The number of aryl methyl sites for hydroxylation is 2. The number of rotatable bonds is 2.